The molecule has 0 aromatic heterocycles. The van der Waals surface area contributed by atoms with Crippen LogP contribution in [0.3, 0.4) is 0 Å². The van der Waals surface area contributed by atoms with Crippen LogP contribution in [0.2, 0.25) is 0 Å². The molecule has 0 saturated carbocycles. The van der Waals surface area contributed by atoms with Gasteiger partial charge in [0, 0.05) is 30.4 Å². The van der Waals surface area contributed by atoms with E-state index in [1.807, 2.05) is 6.07 Å². The van der Waals surface area contributed by atoms with Crippen molar-refractivity contribution in [3.8, 4) is 11.5 Å². The van der Waals surface area contributed by atoms with Gasteiger partial charge < -0.3 is 19.7 Å². The van der Waals surface area contributed by atoms with Crippen LogP contribution in [0.5, 0.6) is 11.5 Å². The van der Waals surface area contributed by atoms with Gasteiger partial charge in [-0.1, -0.05) is 0 Å². The molecule has 1 aromatic carbocycles. The topological polar surface area (TPSA) is 33.7 Å². The smallest absolute Gasteiger partial charge is 0.231 e. The summed E-state index contributed by atoms with van der Waals surface area (Å²) in [6.07, 6.45) is 1.14. The van der Waals surface area contributed by atoms with Gasteiger partial charge in [-0.3, -0.25) is 0 Å². The second-order valence-electron chi connectivity index (χ2n) is 5.50. The number of rotatable bonds is 1. The van der Waals surface area contributed by atoms with Crippen LogP contribution in [-0.2, 0) is 0 Å². The van der Waals surface area contributed by atoms with Crippen LogP contribution in [0.15, 0.2) is 18.2 Å². The van der Waals surface area contributed by atoms with Gasteiger partial charge in [0.1, 0.15) is 0 Å². The van der Waals surface area contributed by atoms with E-state index in [0.717, 1.165) is 37.6 Å². The maximum Gasteiger partial charge on any atom is 0.231 e. The fourth-order valence-corrected chi connectivity index (χ4v) is 2.68. The first-order valence-corrected chi connectivity index (χ1v) is 6.55. The van der Waals surface area contributed by atoms with Gasteiger partial charge in [0.15, 0.2) is 11.5 Å². The van der Waals surface area contributed by atoms with E-state index in [0.29, 0.717) is 6.79 Å². The minimum absolute atomic E-state index is 0.164. The molecule has 0 aliphatic carbocycles. The number of ether oxygens (including phenoxy) is 2. The molecule has 0 spiro atoms. The Kier molecular flexibility index (Phi) is 2.82. The molecule has 2 aliphatic heterocycles. The molecular weight excluding hydrogens is 228 g/mol. The lowest BCUT2D eigenvalue weighted by Gasteiger charge is -2.39. The second-order valence-corrected chi connectivity index (χ2v) is 5.50. The Morgan fingerprint density at radius 1 is 1.17 bits per heavy atom. The summed E-state index contributed by atoms with van der Waals surface area (Å²) in [7, 11) is 0. The first kappa shape index (κ1) is 11.7. The number of hydrogen-bond donors (Lipinski definition) is 1. The molecule has 2 heterocycles. The van der Waals surface area contributed by atoms with Crippen molar-refractivity contribution in [2.24, 2.45) is 0 Å². The van der Waals surface area contributed by atoms with Crippen molar-refractivity contribution >= 4 is 5.69 Å². The van der Waals surface area contributed by atoms with Crippen LogP contribution >= 0.6 is 0 Å². The maximum absolute atomic E-state index is 5.46. The first-order chi connectivity index (χ1) is 8.67. The summed E-state index contributed by atoms with van der Waals surface area (Å²) in [4.78, 5) is 2.45. The number of anilines is 1. The molecule has 4 heteroatoms. The summed E-state index contributed by atoms with van der Waals surface area (Å²) >= 11 is 0. The number of benzene rings is 1. The maximum atomic E-state index is 5.46. The molecule has 98 valence electrons. The molecular formula is C14H20N2O2. The van der Waals surface area contributed by atoms with E-state index in [1.165, 1.54) is 5.69 Å². The van der Waals surface area contributed by atoms with Crippen LogP contribution in [0, 0.1) is 0 Å². The average molecular weight is 248 g/mol. The fourth-order valence-electron chi connectivity index (χ4n) is 2.68. The first-order valence-electron chi connectivity index (χ1n) is 6.55. The zero-order chi connectivity index (χ0) is 12.6. The van der Waals surface area contributed by atoms with Crippen molar-refractivity contribution in [2.75, 3.05) is 31.3 Å². The predicted molar refractivity (Wildman–Crippen MR) is 71.5 cm³/mol. The van der Waals surface area contributed by atoms with Crippen molar-refractivity contribution in [1.29, 1.82) is 0 Å². The summed E-state index contributed by atoms with van der Waals surface area (Å²) in [6.45, 7) is 8.05. The fraction of sp³-hybridized carbons (Fsp3) is 0.571. The predicted octanol–water partition coefficient (Wildman–Crippen LogP) is 1.99. The molecule has 2 aliphatic rings. The highest BCUT2D eigenvalue weighted by molar-refractivity contribution is 5.58. The standard InChI is InChI=1S/C14H20N2O2/c1-14(2)5-6-15-7-8-16(14)11-3-4-12-13(9-11)18-10-17-12/h3-4,9,15H,5-8,10H2,1-2H3. The lowest BCUT2D eigenvalue weighted by atomic mass is 9.97. The average Bonchev–Trinajstić information content (AvgIpc) is 2.72. The molecule has 3 rings (SSSR count). The van der Waals surface area contributed by atoms with Gasteiger partial charge in [0.05, 0.1) is 0 Å². The summed E-state index contributed by atoms with van der Waals surface area (Å²) in [5.41, 5.74) is 1.38. The summed E-state index contributed by atoms with van der Waals surface area (Å²) in [5, 5.41) is 3.46. The third kappa shape index (κ3) is 2.01. The SMILES string of the molecule is CC1(C)CCNCCN1c1ccc2c(c1)OCO2. The normalized spacial score (nSPS) is 21.8. The van der Waals surface area contributed by atoms with Gasteiger partial charge >= 0.3 is 0 Å². The lowest BCUT2D eigenvalue weighted by molar-refractivity contribution is 0.174. The van der Waals surface area contributed by atoms with Crippen LogP contribution in [0.1, 0.15) is 20.3 Å². The van der Waals surface area contributed by atoms with Gasteiger partial charge in [0.2, 0.25) is 6.79 Å². The van der Waals surface area contributed by atoms with Gasteiger partial charge in [-0.2, -0.15) is 0 Å². The molecule has 4 nitrogen and oxygen atoms in total. The van der Waals surface area contributed by atoms with E-state index < -0.39 is 0 Å². The van der Waals surface area contributed by atoms with Crippen LogP contribution < -0.4 is 19.7 Å². The highest BCUT2D eigenvalue weighted by Gasteiger charge is 2.29. The minimum Gasteiger partial charge on any atom is -0.454 e. The number of nitrogens with one attached hydrogen (secondary N) is 1. The zero-order valence-electron chi connectivity index (χ0n) is 11.0. The Morgan fingerprint density at radius 3 is 2.89 bits per heavy atom. The summed E-state index contributed by atoms with van der Waals surface area (Å²) < 4.78 is 10.8. The van der Waals surface area contributed by atoms with Crippen molar-refractivity contribution in [3.63, 3.8) is 0 Å². The highest BCUT2D eigenvalue weighted by Crippen LogP contribution is 2.37. The number of nitrogens with zero attached hydrogens (tertiary/aromatic N) is 1. The van der Waals surface area contributed by atoms with E-state index in [9.17, 15) is 0 Å². The quantitative estimate of drug-likeness (QED) is 0.824. The van der Waals surface area contributed by atoms with Gasteiger partial charge in [-0.15, -0.1) is 0 Å². The van der Waals surface area contributed by atoms with Crippen LogP contribution in [0.4, 0.5) is 5.69 Å². The molecule has 0 atom stereocenters. The van der Waals surface area contributed by atoms with E-state index in [-0.39, 0.29) is 5.54 Å². The molecule has 0 bridgehead atoms. The van der Waals surface area contributed by atoms with E-state index in [2.05, 4.69) is 36.2 Å². The highest BCUT2D eigenvalue weighted by atomic mass is 16.7. The monoisotopic (exact) mass is 248 g/mol. The molecule has 0 radical (unpaired) electrons. The van der Waals surface area contributed by atoms with Gasteiger partial charge in [0.25, 0.3) is 0 Å². The molecule has 1 saturated heterocycles. The molecule has 1 aromatic rings. The number of hydrogen-bond acceptors (Lipinski definition) is 4. The lowest BCUT2D eigenvalue weighted by Crippen LogP contribution is -2.44. The van der Waals surface area contributed by atoms with Crippen molar-refractivity contribution in [2.45, 2.75) is 25.8 Å². The molecule has 0 unspecified atom stereocenters. The van der Waals surface area contributed by atoms with Crippen molar-refractivity contribution in [1.82, 2.24) is 5.32 Å². The molecule has 1 N–H and O–H groups in total. The van der Waals surface area contributed by atoms with E-state index in [4.69, 9.17) is 9.47 Å². The number of fused-ring (bicyclic) bond motifs is 1. The van der Waals surface area contributed by atoms with E-state index >= 15 is 0 Å². The van der Waals surface area contributed by atoms with Crippen molar-refractivity contribution in [3.05, 3.63) is 18.2 Å². The Morgan fingerprint density at radius 2 is 2.00 bits per heavy atom. The Bertz CT molecular complexity index is 445. The van der Waals surface area contributed by atoms with Crippen LogP contribution in [-0.4, -0.2) is 32.0 Å². The zero-order valence-corrected chi connectivity index (χ0v) is 11.0. The Labute approximate surface area is 108 Å². The summed E-state index contributed by atoms with van der Waals surface area (Å²) in [5.74, 6) is 1.71. The second kappa shape index (κ2) is 4.35. The van der Waals surface area contributed by atoms with Gasteiger partial charge in [-0.05, 0) is 38.9 Å². The molecule has 18 heavy (non-hydrogen) atoms. The summed E-state index contributed by atoms with van der Waals surface area (Å²) in [6, 6.07) is 6.22. The van der Waals surface area contributed by atoms with Gasteiger partial charge in [-0.25, -0.2) is 0 Å². The van der Waals surface area contributed by atoms with E-state index in [1.54, 1.807) is 0 Å². The third-order valence-corrected chi connectivity index (χ3v) is 3.82. The largest absolute Gasteiger partial charge is 0.454 e. The van der Waals surface area contributed by atoms with Crippen molar-refractivity contribution < 1.29 is 9.47 Å². The van der Waals surface area contributed by atoms with Crippen LogP contribution in [0.25, 0.3) is 0 Å². The Hall–Kier alpha value is -1.42. The Balaban J connectivity index is 1.92. The third-order valence-electron chi connectivity index (χ3n) is 3.82. The molecule has 1 fully saturated rings. The minimum atomic E-state index is 0.164. The molecule has 0 amide bonds.